The molecule has 7 rings (SSSR count). The zero-order valence-corrected chi connectivity index (χ0v) is 39.3. The summed E-state index contributed by atoms with van der Waals surface area (Å²) in [6.45, 7) is 9.80. The lowest BCUT2D eigenvalue weighted by Crippen LogP contribution is -2.80. The van der Waals surface area contributed by atoms with Gasteiger partial charge in [0.25, 0.3) is 11.8 Å². The second kappa shape index (κ2) is 20.3. The standard InChI is InChI=1S/C50H63N3O15/c1-29-33-25-49(62,44(64-27-31-14-9-7-10-15-31)42-48(6,43(59)40(33)58)35(55)24-36-50(42,28-65-36)67-30(2)54)26-34(29)66-45(60)41(63-23-21-51-20-13-22-53-37(56)18-19-38(53)57)39(32-16-11-8-12-17-32)52-46(61)68-47(3,4)5/h7-12,14-19,34-36,39-42,44,51,55,58,62H,13,20-28H2,1-6H3,(H,52,61)/t34-,35-,36-,39-,40+,41-,42?,44?,48+,49+,50-/m0/s1. The molecule has 68 heavy (non-hydrogen) atoms. The van der Waals surface area contributed by atoms with Gasteiger partial charge >= 0.3 is 18.0 Å². The molecule has 5 aliphatic rings. The van der Waals surface area contributed by atoms with Crippen molar-refractivity contribution in [3.05, 3.63) is 95.1 Å². The van der Waals surface area contributed by atoms with Gasteiger partial charge in [-0.25, -0.2) is 9.59 Å². The molecule has 11 atom stereocenters. The molecule has 2 aromatic rings. The number of ether oxygens (including phenoxy) is 6. The van der Waals surface area contributed by atoms with Crippen molar-refractivity contribution in [2.24, 2.45) is 11.3 Å². The Kier molecular flexibility index (Phi) is 15.1. The molecule has 3 aliphatic carbocycles. The quantitative estimate of drug-likeness (QED) is 0.0503. The maximum atomic E-state index is 14.9. The first-order valence-electron chi connectivity index (χ1n) is 23.1. The third kappa shape index (κ3) is 10.3. The van der Waals surface area contributed by atoms with E-state index in [1.165, 1.54) is 26.0 Å². The lowest BCUT2D eigenvalue weighted by Gasteiger charge is -2.65. The van der Waals surface area contributed by atoms with E-state index in [-0.39, 0.29) is 75.1 Å². The van der Waals surface area contributed by atoms with E-state index in [0.29, 0.717) is 24.1 Å². The van der Waals surface area contributed by atoms with Crippen molar-refractivity contribution in [1.82, 2.24) is 15.5 Å². The lowest BCUT2D eigenvalue weighted by atomic mass is 9.48. The molecule has 0 aromatic heterocycles. The number of hydrogen-bond acceptors (Lipinski definition) is 16. The summed E-state index contributed by atoms with van der Waals surface area (Å²) < 4.78 is 37.0. The Hall–Kier alpha value is -5.34. The van der Waals surface area contributed by atoms with Crippen LogP contribution in [0.1, 0.15) is 84.4 Å². The number of rotatable bonds is 17. The topological polar surface area (TPSA) is 246 Å². The van der Waals surface area contributed by atoms with Gasteiger partial charge in [-0.05, 0) is 69.9 Å². The van der Waals surface area contributed by atoms with Gasteiger partial charge in [0.1, 0.15) is 23.9 Å². The molecule has 2 aromatic carbocycles. The molecular weight excluding hydrogens is 883 g/mol. The fraction of sp³-hybridized carbons (Fsp3) is 0.560. The number of carbonyl (C=O) groups excluding carboxylic acids is 6. The van der Waals surface area contributed by atoms with E-state index in [0.717, 1.165) is 4.90 Å². The second-order valence-electron chi connectivity index (χ2n) is 19.6. The van der Waals surface area contributed by atoms with Crippen LogP contribution < -0.4 is 10.6 Å². The van der Waals surface area contributed by atoms with Crippen LogP contribution in [0.15, 0.2) is 84.0 Å². The summed E-state index contributed by atoms with van der Waals surface area (Å²) in [7, 11) is 0. The first-order valence-corrected chi connectivity index (χ1v) is 23.1. The molecule has 2 aliphatic heterocycles. The number of benzene rings is 2. The number of fused-ring (bicyclic) bond motifs is 5. The number of amides is 3. The van der Waals surface area contributed by atoms with Crippen LogP contribution in [-0.2, 0) is 59.0 Å². The number of aliphatic hydroxyl groups excluding tert-OH is 2. The fourth-order valence-electron chi connectivity index (χ4n) is 10.4. The number of ketones is 1. The zero-order valence-electron chi connectivity index (χ0n) is 39.3. The molecule has 2 bridgehead atoms. The third-order valence-electron chi connectivity index (χ3n) is 13.8. The summed E-state index contributed by atoms with van der Waals surface area (Å²) in [6, 6.07) is 16.5. The van der Waals surface area contributed by atoms with Gasteiger partial charge in [-0.2, -0.15) is 0 Å². The number of imide groups is 1. The monoisotopic (exact) mass is 945 g/mol. The van der Waals surface area contributed by atoms with Crippen LogP contribution in [0.2, 0.25) is 0 Å². The molecule has 3 amide bonds. The first kappa shape index (κ1) is 50.5. The minimum Gasteiger partial charge on any atom is -0.456 e. The van der Waals surface area contributed by atoms with Crippen LogP contribution in [0, 0.1) is 11.3 Å². The molecule has 5 N–H and O–H groups in total. The normalized spacial score (nSPS) is 30.8. The molecule has 2 unspecified atom stereocenters. The molecule has 1 saturated heterocycles. The van der Waals surface area contributed by atoms with E-state index in [1.54, 1.807) is 58.0 Å². The van der Waals surface area contributed by atoms with Gasteiger partial charge < -0.3 is 54.4 Å². The summed E-state index contributed by atoms with van der Waals surface area (Å²) in [5.41, 5.74) is -4.84. The van der Waals surface area contributed by atoms with Crippen LogP contribution in [-0.4, -0.2) is 142 Å². The van der Waals surface area contributed by atoms with Crippen molar-refractivity contribution in [1.29, 1.82) is 0 Å². The summed E-state index contributed by atoms with van der Waals surface area (Å²) >= 11 is 0. The number of nitrogens with one attached hydrogen (secondary N) is 2. The smallest absolute Gasteiger partial charge is 0.408 e. The van der Waals surface area contributed by atoms with Crippen LogP contribution in [0.3, 0.4) is 0 Å². The van der Waals surface area contributed by atoms with Gasteiger partial charge in [-0.1, -0.05) is 60.7 Å². The minimum absolute atomic E-state index is 0.0662. The molecule has 0 radical (unpaired) electrons. The van der Waals surface area contributed by atoms with Gasteiger partial charge in [-0.15, -0.1) is 0 Å². The summed E-state index contributed by atoms with van der Waals surface area (Å²) in [6.07, 6.45) is -7.16. The van der Waals surface area contributed by atoms with Crippen LogP contribution >= 0.6 is 0 Å². The summed E-state index contributed by atoms with van der Waals surface area (Å²) in [4.78, 5) is 81.3. The van der Waals surface area contributed by atoms with E-state index in [2.05, 4.69) is 10.6 Å². The highest BCUT2D eigenvalue weighted by Crippen LogP contribution is 2.61. The molecular formula is C50H63N3O15. The predicted octanol–water partition coefficient (Wildman–Crippen LogP) is 2.91. The van der Waals surface area contributed by atoms with Crippen molar-refractivity contribution in [3.8, 4) is 0 Å². The number of hydrogen-bond donors (Lipinski definition) is 5. The number of alkyl carbamates (subject to hydrolysis) is 1. The van der Waals surface area contributed by atoms with Crippen molar-refractivity contribution >= 4 is 35.6 Å². The number of Topliss-reactive ketones (excluding diaryl/α,β-unsaturated/α-hetero) is 1. The van der Waals surface area contributed by atoms with E-state index < -0.39 is 94.6 Å². The van der Waals surface area contributed by atoms with Crippen LogP contribution in [0.5, 0.6) is 0 Å². The molecule has 2 heterocycles. The number of esters is 2. The average Bonchev–Trinajstić information content (AvgIpc) is 3.60. The molecule has 3 fully saturated rings. The van der Waals surface area contributed by atoms with E-state index in [9.17, 15) is 44.1 Å². The Balaban J connectivity index is 1.22. The zero-order chi connectivity index (χ0) is 49.2. The first-order chi connectivity index (χ1) is 32.2. The van der Waals surface area contributed by atoms with Gasteiger partial charge in [0.05, 0.1) is 49.1 Å². The predicted molar refractivity (Wildman–Crippen MR) is 241 cm³/mol. The van der Waals surface area contributed by atoms with Crippen molar-refractivity contribution < 1.29 is 72.5 Å². The Bertz CT molecular complexity index is 2260. The number of aliphatic hydroxyl groups is 3. The third-order valence-corrected chi connectivity index (χ3v) is 13.8. The SMILES string of the molecule is CC(=O)O[C@@]12CO[C@H]1C[C@H](O)[C@@]1(C)C(=O)[C@H](O)C3=C(C)[C@@H](OC(=O)[C@@H](OCCNCCCN4C(=O)C=CC4=O)[C@@H](NC(=O)OC(C)(C)C)c4ccccc4)C[C@](O)(C3)C(OCc3ccccc3)C12. The Morgan fingerprint density at radius 2 is 1.63 bits per heavy atom. The van der Waals surface area contributed by atoms with Crippen molar-refractivity contribution in [3.63, 3.8) is 0 Å². The van der Waals surface area contributed by atoms with Gasteiger partial charge in [0, 0.05) is 57.3 Å². The lowest BCUT2D eigenvalue weighted by molar-refractivity contribution is -0.346. The fourth-order valence-corrected chi connectivity index (χ4v) is 10.4. The van der Waals surface area contributed by atoms with Gasteiger partial charge in [0.15, 0.2) is 17.5 Å². The minimum atomic E-state index is -2.04. The second-order valence-corrected chi connectivity index (χ2v) is 19.6. The van der Waals surface area contributed by atoms with E-state index in [4.69, 9.17) is 28.4 Å². The maximum absolute atomic E-state index is 14.9. The highest BCUT2D eigenvalue weighted by Gasteiger charge is 2.75. The average molecular weight is 946 g/mol. The molecule has 2 saturated carbocycles. The van der Waals surface area contributed by atoms with E-state index in [1.807, 2.05) is 30.3 Å². The van der Waals surface area contributed by atoms with Crippen molar-refractivity contribution in [2.75, 3.05) is 32.8 Å². The largest absolute Gasteiger partial charge is 0.456 e. The van der Waals surface area contributed by atoms with E-state index >= 15 is 0 Å². The Morgan fingerprint density at radius 3 is 2.25 bits per heavy atom. The van der Waals surface area contributed by atoms with Crippen LogP contribution in [0.4, 0.5) is 4.79 Å². The Labute approximate surface area is 395 Å². The summed E-state index contributed by atoms with van der Waals surface area (Å²) in [5.74, 6) is -4.49. The Morgan fingerprint density at radius 1 is 0.971 bits per heavy atom. The molecule has 18 nitrogen and oxygen atoms in total. The molecule has 18 heteroatoms. The summed E-state index contributed by atoms with van der Waals surface area (Å²) in [5, 5.41) is 43.3. The maximum Gasteiger partial charge on any atom is 0.408 e. The van der Waals surface area contributed by atoms with Gasteiger partial charge in [-0.3, -0.25) is 24.1 Å². The highest BCUT2D eigenvalue weighted by atomic mass is 16.6. The van der Waals surface area contributed by atoms with Gasteiger partial charge in [0.2, 0.25) is 0 Å². The number of nitrogens with zero attached hydrogens (tertiary/aromatic N) is 1. The van der Waals surface area contributed by atoms with Crippen LogP contribution in [0.25, 0.3) is 0 Å². The molecule has 368 valence electrons. The highest BCUT2D eigenvalue weighted by molar-refractivity contribution is 6.12. The molecule has 0 spiro atoms. The van der Waals surface area contributed by atoms with Crippen molar-refractivity contribution in [2.45, 2.75) is 133 Å². The number of carbonyl (C=O) groups is 6.